The first-order valence-electron chi connectivity index (χ1n) is 6.33. The Kier molecular flexibility index (Phi) is 6.16. The highest BCUT2D eigenvalue weighted by molar-refractivity contribution is 5.18. The fraction of sp³-hybridized carbons (Fsp3) is 0.571. The van der Waals surface area contributed by atoms with Gasteiger partial charge in [0.2, 0.25) is 0 Å². The van der Waals surface area contributed by atoms with Crippen molar-refractivity contribution in [3.8, 4) is 0 Å². The molecule has 0 aromatic heterocycles. The molecule has 1 aromatic rings. The first-order chi connectivity index (χ1) is 8.17. The number of rotatable bonds is 7. The van der Waals surface area contributed by atoms with E-state index in [-0.39, 0.29) is 5.82 Å². The lowest BCUT2D eigenvalue weighted by Crippen LogP contribution is -2.30. The zero-order valence-corrected chi connectivity index (χ0v) is 10.7. The normalized spacial score (nSPS) is 13.0. The van der Waals surface area contributed by atoms with Gasteiger partial charge in [-0.2, -0.15) is 0 Å². The standard InChI is InChI=1S/C14H22FNO/c1-3-9-16(10-4-2)11-14(17)12-5-7-13(15)8-6-12/h5-8,14,17H,3-4,9-11H2,1-2H3. The van der Waals surface area contributed by atoms with Gasteiger partial charge in [-0.3, -0.25) is 0 Å². The second kappa shape index (κ2) is 7.41. The molecule has 0 saturated carbocycles. The van der Waals surface area contributed by atoms with Crippen LogP contribution >= 0.6 is 0 Å². The molecule has 2 nitrogen and oxygen atoms in total. The first kappa shape index (κ1) is 14.1. The van der Waals surface area contributed by atoms with E-state index in [2.05, 4.69) is 18.7 Å². The number of halogens is 1. The molecular weight excluding hydrogens is 217 g/mol. The fourth-order valence-electron chi connectivity index (χ4n) is 1.96. The van der Waals surface area contributed by atoms with Gasteiger partial charge in [0.05, 0.1) is 6.10 Å². The minimum atomic E-state index is -0.534. The maximum absolute atomic E-state index is 12.8. The highest BCUT2D eigenvalue weighted by Gasteiger charge is 2.12. The number of aliphatic hydroxyl groups excluding tert-OH is 1. The van der Waals surface area contributed by atoms with Crippen molar-refractivity contribution in [3.05, 3.63) is 35.6 Å². The third-order valence-corrected chi connectivity index (χ3v) is 2.77. The van der Waals surface area contributed by atoms with Crippen LogP contribution in [0.3, 0.4) is 0 Å². The summed E-state index contributed by atoms with van der Waals surface area (Å²) < 4.78 is 12.8. The Hall–Kier alpha value is -0.930. The Balaban J connectivity index is 2.56. The van der Waals surface area contributed by atoms with Gasteiger partial charge in [-0.1, -0.05) is 26.0 Å². The third kappa shape index (κ3) is 4.84. The molecule has 1 atom stereocenters. The van der Waals surface area contributed by atoms with Gasteiger partial charge in [0, 0.05) is 6.54 Å². The van der Waals surface area contributed by atoms with Crippen LogP contribution < -0.4 is 0 Å². The van der Waals surface area contributed by atoms with Crippen molar-refractivity contribution >= 4 is 0 Å². The van der Waals surface area contributed by atoms with Crippen molar-refractivity contribution in [1.82, 2.24) is 4.90 Å². The van der Waals surface area contributed by atoms with Crippen molar-refractivity contribution in [2.45, 2.75) is 32.8 Å². The van der Waals surface area contributed by atoms with Crippen molar-refractivity contribution < 1.29 is 9.50 Å². The Bertz CT molecular complexity index is 307. The average molecular weight is 239 g/mol. The molecule has 1 unspecified atom stereocenters. The van der Waals surface area contributed by atoms with Gasteiger partial charge in [0.15, 0.2) is 0 Å². The maximum Gasteiger partial charge on any atom is 0.123 e. The number of benzene rings is 1. The fourth-order valence-corrected chi connectivity index (χ4v) is 1.96. The average Bonchev–Trinajstić information content (AvgIpc) is 2.30. The Morgan fingerprint density at radius 2 is 1.65 bits per heavy atom. The Morgan fingerprint density at radius 3 is 2.12 bits per heavy atom. The lowest BCUT2D eigenvalue weighted by molar-refractivity contribution is 0.113. The molecule has 1 aromatic carbocycles. The zero-order chi connectivity index (χ0) is 12.7. The molecule has 1 rings (SSSR count). The van der Waals surface area contributed by atoms with Crippen molar-refractivity contribution in [2.75, 3.05) is 19.6 Å². The summed E-state index contributed by atoms with van der Waals surface area (Å²) in [5.41, 5.74) is 0.781. The number of nitrogens with zero attached hydrogens (tertiary/aromatic N) is 1. The van der Waals surface area contributed by atoms with E-state index < -0.39 is 6.10 Å². The third-order valence-electron chi connectivity index (χ3n) is 2.77. The molecule has 1 N–H and O–H groups in total. The van der Waals surface area contributed by atoms with Gasteiger partial charge in [-0.05, 0) is 43.6 Å². The predicted octanol–water partition coefficient (Wildman–Crippen LogP) is 2.98. The molecule has 0 aliphatic heterocycles. The summed E-state index contributed by atoms with van der Waals surface area (Å²) >= 11 is 0. The largest absolute Gasteiger partial charge is 0.387 e. The van der Waals surface area contributed by atoms with Crippen LogP contribution in [-0.2, 0) is 0 Å². The van der Waals surface area contributed by atoms with E-state index in [9.17, 15) is 9.50 Å². The van der Waals surface area contributed by atoms with Crippen molar-refractivity contribution in [1.29, 1.82) is 0 Å². The summed E-state index contributed by atoms with van der Waals surface area (Å²) in [6, 6.07) is 6.08. The van der Waals surface area contributed by atoms with Gasteiger partial charge >= 0.3 is 0 Å². The van der Waals surface area contributed by atoms with Gasteiger partial charge in [0.1, 0.15) is 5.82 Å². The molecule has 0 fully saturated rings. The summed E-state index contributed by atoms with van der Waals surface area (Å²) in [4.78, 5) is 2.24. The summed E-state index contributed by atoms with van der Waals surface area (Å²) in [5.74, 6) is -0.264. The summed E-state index contributed by atoms with van der Waals surface area (Å²) in [5, 5.41) is 10.1. The summed E-state index contributed by atoms with van der Waals surface area (Å²) in [6.45, 7) is 6.87. The van der Waals surface area contributed by atoms with Crippen LogP contribution in [-0.4, -0.2) is 29.6 Å². The van der Waals surface area contributed by atoms with E-state index in [4.69, 9.17) is 0 Å². The van der Waals surface area contributed by atoms with E-state index >= 15 is 0 Å². The molecule has 96 valence electrons. The molecule has 0 heterocycles. The molecule has 3 heteroatoms. The second-order valence-corrected chi connectivity index (χ2v) is 4.37. The van der Waals surface area contributed by atoms with Gasteiger partial charge < -0.3 is 10.0 Å². The summed E-state index contributed by atoms with van der Waals surface area (Å²) in [6.07, 6.45) is 1.63. The van der Waals surface area contributed by atoms with Crippen LogP contribution in [0.4, 0.5) is 4.39 Å². The van der Waals surface area contributed by atoms with Gasteiger partial charge in [-0.25, -0.2) is 4.39 Å². The quantitative estimate of drug-likeness (QED) is 0.790. The maximum atomic E-state index is 12.8. The lowest BCUT2D eigenvalue weighted by atomic mass is 10.1. The highest BCUT2D eigenvalue weighted by Crippen LogP contribution is 2.15. The number of hydrogen-bond donors (Lipinski definition) is 1. The van der Waals surface area contributed by atoms with E-state index in [1.165, 1.54) is 12.1 Å². The minimum Gasteiger partial charge on any atom is -0.387 e. The monoisotopic (exact) mass is 239 g/mol. The SMILES string of the molecule is CCCN(CCC)CC(O)c1ccc(F)cc1. The minimum absolute atomic E-state index is 0.264. The van der Waals surface area contributed by atoms with Crippen LogP contribution in [0.15, 0.2) is 24.3 Å². The van der Waals surface area contributed by atoms with E-state index in [0.717, 1.165) is 31.5 Å². The lowest BCUT2D eigenvalue weighted by Gasteiger charge is -2.24. The Morgan fingerprint density at radius 1 is 1.12 bits per heavy atom. The first-order valence-corrected chi connectivity index (χ1v) is 6.33. The number of hydrogen-bond acceptors (Lipinski definition) is 2. The molecule has 17 heavy (non-hydrogen) atoms. The van der Waals surface area contributed by atoms with Gasteiger partial charge in [-0.15, -0.1) is 0 Å². The van der Waals surface area contributed by atoms with Gasteiger partial charge in [0.25, 0.3) is 0 Å². The predicted molar refractivity (Wildman–Crippen MR) is 68.4 cm³/mol. The van der Waals surface area contributed by atoms with Crippen LogP contribution in [0.1, 0.15) is 38.4 Å². The Labute approximate surface area is 103 Å². The molecule has 0 radical (unpaired) electrons. The molecule has 0 amide bonds. The van der Waals surface area contributed by atoms with Crippen LogP contribution in [0.2, 0.25) is 0 Å². The number of aliphatic hydroxyl groups is 1. The van der Waals surface area contributed by atoms with E-state index in [0.29, 0.717) is 6.54 Å². The summed E-state index contributed by atoms with van der Waals surface area (Å²) in [7, 11) is 0. The van der Waals surface area contributed by atoms with Crippen molar-refractivity contribution in [2.24, 2.45) is 0 Å². The van der Waals surface area contributed by atoms with E-state index in [1.807, 2.05) is 0 Å². The van der Waals surface area contributed by atoms with E-state index in [1.54, 1.807) is 12.1 Å². The molecule has 0 aliphatic carbocycles. The molecule has 0 spiro atoms. The molecule has 0 saturated heterocycles. The van der Waals surface area contributed by atoms with Crippen LogP contribution in [0.5, 0.6) is 0 Å². The second-order valence-electron chi connectivity index (χ2n) is 4.37. The van der Waals surface area contributed by atoms with Crippen LogP contribution in [0.25, 0.3) is 0 Å². The highest BCUT2D eigenvalue weighted by atomic mass is 19.1. The molecular formula is C14H22FNO. The smallest absolute Gasteiger partial charge is 0.123 e. The van der Waals surface area contributed by atoms with Crippen molar-refractivity contribution in [3.63, 3.8) is 0 Å². The molecule has 0 bridgehead atoms. The zero-order valence-electron chi connectivity index (χ0n) is 10.7. The molecule has 0 aliphatic rings. The topological polar surface area (TPSA) is 23.5 Å². The van der Waals surface area contributed by atoms with Crippen LogP contribution in [0, 0.1) is 5.82 Å².